The molecule has 120 valence electrons. The zero-order valence-corrected chi connectivity index (χ0v) is 14.6. The van der Waals surface area contributed by atoms with E-state index in [4.69, 9.17) is 0 Å². The van der Waals surface area contributed by atoms with Gasteiger partial charge in [-0.1, -0.05) is 45.0 Å². The van der Waals surface area contributed by atoms with Crippen molar-refractivity contribution in [2.24, 2.45) is 0 Å². The van der Waals surface area contributed by atoms with Gasteiger partial charge in [0.1, 0.15) is 0 Å². The second-order valence-electron chi connectivity index (χ2n) is 5.97. The number of hydrogen-bond donors (Lipinski definition) is 1. The number of aromatic carboxylic acids is 1. The summed E-state index contributed by atoms with van der Waals surface area (Å²) in [6.45, 7) is 8.27. The van der Waals surface area contributed by atoms with Crippen molar-refractivity contribution in [3.63, 3.8) is 0 Å². The van der Waals surface area contributed by atoms with E-state index < -0.39 is 5.97 Å². The molecule has 0 fully saturated rings. The molecule has 0 spiro atoms. The summed E-state index contributed by atoms with van der Waals surface area (Å²) in [5, 5.41) is 9.62. The summed E-state index contributed by atoms with van der Waals surface area (Å²) in [4.78, 5) is 18.1. The van der Waals surface area contributed by atoms with Crippen molar-refractivity contribution in [2.45, 2.75) is 40.0 Å². The molecule has 0 bridgehead atoms. The van der Waals surface area contributed by atoms with E-state index in [0.717, 1.165) is 21.1 Å². The maximum atomic E-state index is 11.7. The second-order valence-corrected chi connectivity index (χ2v) is 7.15. The van der Waals surface area contributed by atoms with Crippen molar-refractivity contribution in [3.8, 4) is 11.3 Å². The fourth-order valence-electron chi connectivity index (χ4n) is 2.89. The van der Waals surface area contributed by atoms with Gasteiger partial charge in [0.2, 0.25) is 0 Å². The molecule has 3 aromatic rings. The molecule has 4 nitrogen and oxygen atoms in total. The maximum absolute atomic E-state index is 11.7. The number of rotatable bonds is 4. The predicted octanol–water partition coefficient (Wildman–Crippen LogP) is 4.76. The van der Waals surface area contributed by atoms with Crippen molar-refractivity contribution in [2.75, 3.05) is 0 Å². The van der Waals surface area contributed by atoms with Crippen molar-refractivity contribution in [1.82, 2.24) is 9.38 Å². The van der Waals surface area contributed by atoms with Crippen LogP contribution in [0.1, 0.15) is 53.3 Å². The van der Waals surface area contributed by atoms with Crippen LogP contribution in [0.5, 0.6) is 0 Å². The molecule has 0 atom stereocenters. The van der Waals surface area contributed by atoms with E-state index >= 15 is 0 Å². The molecule has 0 aliphatic rings. The molecule has 1 aromatic carbocycles. The first kappa shape index (κ1) is 15.7. The maximum Gasteiger partial charge on any atom is 0.354 e. The summed E-state index contributed by atoms with van der Waals surface area (Å²) < 4.78 is 1.80. The van der Waals surface area contributed by atoms with Crippen LogP contribution in [-0.4, -0.2) is 20.5 Å². The zero-order chi connectivity index (χ0) is 16.7. The molecule has 1 N–H and O–H groups in total. The number of carboxylic acids is 1. The number of benzene rings is 1. The van der Waals surface area contributed by atoms with Gasteiger partial charge in [-0.05, 0) is 30.4 Å². The van der Waals surface area contributed by atoms with Crippen LogP contribution in [0, 0.1) is 6.92 Å². The van der Waals surface area contributed by atoms with Gasteiger partial charge in [0.05, 0.1) is 11.4 Å². The molecule has 0 amide bonds. The molecule has 3 rings (SSSR count). The van der Waals surface area contributed by atoms with Crippen LogP contribution in [0.2, 0.25) is 0 Å². The van der Waals surface area contributed by atoms with Gasteiger partial charge in [0.15, 0.2) is 10.7 Å². The summed E-state index contributed by atoms with van der Waals surface area (Å²) in [6, 6.07) is 8.37. The summed E-state index contributed by atoms with van der Waals surface area (Å²) in [5.41, 5.74) is 4.17. The minimum atomic E-state index is -0.924. The van der Waals surface area contributed by atoms with E-state index in [1.807, 2.05) is 13.8 Å². The average molecular weight is 328 g/mol. The van der Waals surface area contributed by atoms with E-state index in [2.05, 4.69) is 43.1 Å². The topological polar surface area (TPSA) is 54.6 Å². The molecule has 2 aromatic heterocycles. The first-order valence-corrected chi connectivity index (χ1v) is 8.60. The van der Waals surface area contributed by atoms with E-state index in [-0.39, 0.29) is 5.69 Å². The quantitative estimate of drug-likeness (QED) is 0.751. The number of carboxylic acid groups (broad SMARTS) is 1. The van der Waals surface area contributed by atoms with Crippen LogP contribution in [-0.2, 0) is 6.42 Å². The molecule has 0 aliphatic heterocycles. The van der Waals surface area contributed by atoms with E-state index in [1.165, 1.54) is 5.56 Å². The van der Waals surface area contributed by atoms with Crippen molar-refractivity contribution in [1.29, 1.82) is 0 Å². The molecule has 0 aliphatic carbocycles. The Bertz CT molecular complexity index is 873. The smallest absolute Gasteiger partial charge is 0.354 e. The lowest BCUT2D eigenvalue weighted by molar-refractivity contribution is 0.0688. The molecule has 0 saturated carbocycles. The van der Waals surface area contributed by atoms with Crippen LogP contribution in [0.25, 0.3) is 16.2 Å². The number of thiazole rings is 1. The highest BCUT2D eigenvalue weighted by molar-refractivity contribution is 7.17. The fourth-order valence-corrected chi connectivity index (χ4v) is 3.89. The van der Waals surface area contributed by atoms with Gasteiger partial charge in [-0.15, -0.1) is 11.3 Å². The summed E-state index contributed by atoms with van der Waals surface area (Å²) in [6.07, 6.45) is 0.612. The third kappa shape index (κ3) is 2.55. The molecule has 0 unspecified atom stereocenters. The number of carbonyl (C=O) groups is 1. The van der Waals surface area contributed by atoms with E-state index in [0.29, 0.717) is 18.0 Å². The van der Waals surface area contributed by atoms with Crippen molar-refractivity contribution in [3.05, 3.63) is 46.1 Å². The predicted molar refractivity (Wildman–Crippen MR) is 93.7 cm³/mol. The van der Waals surface area contributed by atoms with Crippen LogP contribution in [0.15, 0.2) is 24.3 Å². The van der Waals surface area contributed by atoms with Crippen molar-refractivity contribution >= 4 is 22.3 Å². The highest BCUT2D eigenvalue weighted by Gasteiger charge is 2.23. The first-order chi connectivity index (χ1) is 10.9. The Morgan fingerprint density at radius 3 is 2.48 bits per heavy atom. The normalized spacial score (nSPS) is 11.5. The largest absolute Gasteiger partial charge is 0.477 e. The third-order valence-corrected chi connectivity index (χ3v) is 5.06. The molecule has 5 heteroatoms. The summed E-state index contributed by atoms with van der Waals surface area (Å²) in [7, 11) is 0. The minimum absolute atomic E-state index is 0.287. The number of hydrogen-bond acceptors (Lipinski definition) is 3. The van der Waals surface area contributed by atoms with Crippen LogP contribution in [0.4, 0.5) is 0 Å². The number of fused-ring (bicyclic) bond motifs is 1. The second kappa shape index (κ2) is 5.81. The van der Waals surface area contributed by atoms with Gasteiger partial charge in [0.25, 0.3) is 0 Å². The van der Waals surface area contributed by atoms with Gasteiger partial charge in [-0.3, -0.25) is 4.40 Å². The summed E-state index contributed by atoms with van der Waals surface area (Å²) in [5.74, 6) is -0.450. The lowest BCUT2D eigenvalue weighted by atomic mass is 10.0. The van der Waals surface area contributed by atoms with Crippen LogP contribution in [0.3, 0.4) is 0 Å². The van der Waals surface area contributed by atoms with Gasteiger partial charge in [-0.2, -0.15) is 0 Å². The SMILES string of the molecule is CCc1nc2sc(C)c(-c3ccc(C(C)C)cc3)n2c1C(=O)O. The lowest BCUT2D eigenvalue weighted by Crippen LogP contribution is -2.06. The first-order valence-electron chi connectivity index (χ1n) is 7.78. The zero-order valence-electron chi connectivity index (χ0n) is 13.8. The van der Waals surface area contributed by atoms with Crippen molar-refractivity contribution < 1.29 is 9.90 Å². The molecular formula is C18H20N2O2S. The number of nitrogens with zero attached hydrogens (tertiary/aromatic N) is 2. The number of aromatic nitrogens is 2. The van der Waals surface area contributed by atoms with Gasteiger partial charge in [-0.25, -0.2) is 9.78 Å². The highest BCUT2D eigenvalue weighted by Crippen LogP contribution is 2.34. The van der Waals surface area contributed by atoms with Gasteiger partial charge >= 0.3 is 5.97 Å². The fraction of sp³-hybridized carbons (Fsp3) is 0.333. The van der Waals surface area contributed by atoms with Gasteiger partial charge < -0.3 is 5.11 Å². The lowest BCUT2D eigenvalue weighted by Gasteiger charge is -2.08. The monoisotopic (exact) mass is 328 g/mol. The Balaban J connectivity index is 2.26. The number of aryl methyl sites for hydroxylation is 2. The Kier molecular flexibility index (Phi) is 3.98. The minimum Gasteiger partial charge on any atom is -0.477 e. The molecule has 0 saturated heterocycles. The molecule has 0 radical (unpaired) electrons. The average Bonchev–Trinajstić information content (AvgIpc) is 3.00. The molecule has 2 heterocycles. The van der Waals surface area contributed by atoms with Crippen LogP contribution >= 0.6 is 11.3 Å². The molecule has 23 heavy (non-hydrogen) atoms. The molecular weight excluding hydrogens is 308 g/mol. The van der Waals surface area contributed by atoms with Crippen LogP contribution < -0.4 is 0 Å². The third-order valence-electron chi connectivity index (χ3n) is 4.11. The Morgan fingerprint density at radius 1 is 1.30 bits per heavy atom. The van der Waals surface area contributed by atoms with E-state index in [9.17, 15) is 9.90 Å². The summed E-state index contributed by atoms with van der Waals surface area (Å²) >= 11 is 1.54. The number of imidazole rings is 1. The standard InChI is InChI=1S/C18H20N2O2S/c1-5-14-16(17(21)22)20-15(11(4)23-18(20)19-14)13-8-6-12(7-9-13)10(2)3/h6-10H,5H2,1-4H3,(H,21,22). The van der Waals surface area contributed by atoms with Gasteiger partial charge in [0, 0.05) is 4.88 Å². The van der Waals surface area contributed by atoms with E-state index in [1.54, 1.807) is 15.7 Å². The highest BCUT2D eigenvalue weighted by atomic mass is 32.1. The Morgan fingerprint density at radius 2 is 1.96 bits per heavy atom. The Hall–Kier alpha value is -2.14. The Labute approximate surface area is 139 Å².